The van der Waals surface area contributed by atoms with Crippen LogP contribution in [0.1, 0.15) is 49.6 Å². The molecule has 1 N–H and O–H groups in total. The van der Waals surface area contributed by atoms with E-state index in [1.165, 1.54) is 36.9 Å². The summed E-state index contributed by atoms with van der Waals surface area (Å²) < 4.78 is 1.97. The number of hydrogen-bond donors (Lipinski definition) is 1. The van der Waals surface area contributed by atoms with Gasteiger partial charge in [0.25, 0.3) is 0 Å². The molecule has 3 heteroatoms. The number of nitrogens with zero attached hydrogens (tertiary/aromatic N) is 2. The minimum Gasteiger partial charge on any atom is -0.340 e. The molecule has 0 saturated heterocycles. The molecule has 0 unspecified atom stereocenters. The van der Waals surface area contributed by atoms with Gasteiger partial charge < -0.3 is 9.88 Å². The highest BCUT2D eigenvalue weighted by molar-refractivity contribution is 5.34. The summed E-state index contributed by atoms with van der Waals surface area (Å²) in [5.41, 5.74) is 3.79. The molecule has 3 nitrogen and oxygen atoms in total. The maximum atomic E-state index is 9.00. The van der Waals surface area contributed by atoms with Gasteiger partial charge in [-0.1, -0.05) is 13.3 Å². The van der Waals surface area contributed by atoms with E-state index < -0.39 is 0 Å². The number of nitriles is 1. The van der Waals surface area contributed by atoms with Crippen LogP contribution in [0.4, 0.5) is 0 Å². The number of hydrogen-bond acceptors (Lipinski definition) is 2. The summed E-state index contributed by atoms with van der Waals surface area (Å²) >= 11 is 0. The number of rotatable bonds is 6. The van der Waals surface area contributed by atoms with Crippen LogP contribution in [0.15, 0.2) is 6.07 Å². The molecule has 0 atom stereocenters. The van der Waals surface area contributed by atoms with E-state index >= 15 is 0 Å². The van der Waals surface area contributed by atoms with Gasteiger partial charge in [0.1, 0.15) is 11.8 Å². The third-order valence-electron chi connectivity index (χ3n) is 4.31. The Morgan fingerprint density at radius 1 is 1.50 bits per heavy atom. The van der Waals surface area contributed by atoms with Crippen LogP contribution >= 0.6 is 0 Å². The molecule has 0 aliphatic heterocycles. The molecule has 0 amide bonds. The smallest absolute Gasteiger partial charge is 0.120 e. The van der Waals surface area contributed by atoms with Gasteiger partial charge in [0.05, 0.1) is 0 Å². The summed E-state index contributed by atoms with van der Waals surface area (Å²) in [4.78, 5) is 0. The first-order valence-corrected chi connectivity index (χ1v) is 6.88. The second-order valence-corrected chi connectivity index (χ2v) is 5.66. The fraction of sp³-hybridized carbons (Fsp3) is 0.667. The van der Waals surface area contributed by atoms with Gasteiger partial charge in [-0.15, -0.1) is 0 Å². The van der Waals surface area contributed by atoms with Crippen LogP contribution in [0, 0.1) is 23.7 Å². The maximum Gasteiger partial charge on any atom is 0.120 e. The predicted molar refractivity (Wildman–Crippen MR) is 73.1 cm³/mol. The first kappa shape index (κ1) is 13.2. The highest BCUT2D eigenvalue weighted by atomic mass is 15.0. The normalized spacial score (nSPS) is 16.6. The van der Waals surface area contributed by atoms with E-state index in [0.29, 0.717) is 5.41 Å². The summed E-state index contributed by atoms with van der Waals surface area (Å²) in [6.45, 7) is 6.35. The zero-order valence-corrected chi connectivity index (χ0v) is 11.7. The Labute approximate surface area is 110 Å². The second-order valence-electron chi connectivity index (χ2n) is 5.66. The number of aromatic nitrogens is 1. The fourth-order valence-electron chi connectivity index (χ4n) is 2.73. The molecule has 0 aromatic carbocycles. The van der Waals surface area contributed by atoms with E-state index in [9.17, 15) is 0 Å². The lowest BCUT2D eigenvalue weighted by atomic mass is 10.0. The Balaban J connectivity index is 1.89. The lowest BCUT2D eigenvalue weighted by Gasteiger charge is -2.14. The van der Waals surface area contributed by atoms with Gasteiger partial charge in [-0.3, -0.25) is 0 Å². The first-order valence-electron chi connectivity index (χ1n) is 6.88. The van der Waals surface area contributed by atoms with Crippen LogP contribution in [0.2, 0.25) is 0 Å². The van der Waals surface area contributed by atoms with E-state index in [1.54, 1.807) is 0 Å². The molecule has 1 aliphatic carbocycles. The SMILES string of the molecule is CCCC1(CNCc2cc(C#N)n(C)c2C)CC1. The maximum absolute atomic E-state index is 9.00. The van der Waals surface area contributed by atoms with Gasteiger partial charge in [0, 0.05) is 25.8 Å². The van der Waals surface area contributed by atoms with Crippen molar-refractivity contribution in [3.63, 3.8) is 0 Å². The van der Waals surface area contributed by atoms with Crippen LogP contribution in [0.3, 0.4) is 0 Å². The molecule has 98 valence electrons. The molecule has 1 fully saturated rings. The van der Waals surface area contributed by atoms with Gasteiger partial charge in [0.2, 0.25) is 0 Å². The number of nitrogens with one attached hydrogen (secondary N) is 1. The highest BCUT2D eigenvalue weighted by Gasteiger charge is 2.40. The van der Waals surface area contributed by atoms with Crippen molar-refractivity contribution >= 4 is 0 Å². The van der Waals surface area contributed by atoms with Gasteiger partial charge >= 0.3 is 0 Å². The Morgan fingerprint density at radius 2 is 2.22 bits per heavy atom. The molecule has 18 heavy (non-hydrogen) atoms. The van der Waals surface area contributed by atoms with Crippen molar-refractivity contribution < 1.29 is 0 Å². The Morgan fingerprint density at radius 3 is 2.72 bits per heavy atom. The van der Waals surface area contributed by atoms with Gasteiger partial charge in [-0.25, -0.2) is 0 Å². The summed E-state index contributed by atoms with van der Waals surface area (Å²) in [6, 6.07) is 4.23. The van der Waals surface area contributed by atoms with Crippen molar-refractivity contribution in [2.45, 2.75) is 46.1 Å². The lowest BCUT2D eigenvalue weighted by Crippen LogP contribution is -2.23. The second kappa shape index (κ2) is 5.16. The van der Waals surface area contributed by atoms with Crippen molar-refractivity contribution in [1.29, 1.82) is 5.26 Å². The van der Waals surface area contributed by atoms with Crippen LogP contribution in [0.5, 0.6) is 0 Å². The average molecular weight is 245 g/mol. The molecule has 1 aliphatic rings. The largest absolute Gasteiger partial charge is 0.340 e. The van der Waals surface area contributed by atoms with Gasteiger partial charge in [0.15, 0.2) is 0 Å². The minimum atomic E-state index is 0.593. The zero-order chi connectivity index (χ0) is 13.2. The van der Waals surface area contributed by atoms with Gasteiger partial charge in [-0.2, -0.15) is 5.26 Å². The van der Waals surface area contributed by atoms with E-state index in [1.807, 2.05) is 17.7 Å². The van der Waals surface area contributed by atoms with Gasteiger partial charge in [-0.05, 0) is 43.2 Å². The first-order chi connectivity index (χ1) is 8.62. The van der Waals surface area contributed by atoms with Crippen LogP contribution in [0.25, 0.3) is 0 Å². The quantitative estimate of drug-likeness (QED) is 0.837. The van der Waals surface area contributed by atoms with Crippen molar-refractivity contribution in [1.82, 2.24) is 9.88 Å². The summed E-state index contributed by atoms with van der Waals surface area (Å²) in [5, 5.41) is 12.6. The standard InChI is InChI=1S/C15H23N3/c1-4-5-15(6-7-15)11-17-10-13-8-14(9-16)18(3)12(13)2/h8,17H,4-7,10-11H2,1-3H3. The molecule has 1 aromatic heterocycles. The molecule has 1 saturated carbocycles. The average Bonchev–Trinajstić information content (AvgIpc) is 3.06. The molecule has 0 bridgehead atoms. The molecule has 1 heterocycles. The molecule has 1 aromatic rings. The minimum absolute atomic E-state index is 0.593. The monoisotopic (exact) mass is 245 g/mol. The topological polar surface area (TPSA) is 40.8 Å². The highest BCUT2D eigenvalue weighted by Crippen LogP contribution is 2.48. The van der Waals surface area contributed by atoms with Crippen molar-refractivity contribution in [2.24, 2.45) is 12.5 Å². The molecular weight excluding hydrogens is 222 g/mol. The summed E-state index contributed by atoms with van der Waals surface area (Å²) in [5.74, 6) is 0. The summed E-state index contributed by atoms with van der Waals surface area (Å²) in [7, 11) is 1.96. The van der Waals surface area contributed by atoms with E-state index in [2.05, 4.69) is 25.2 Å². The fourth-order valence-corrected chi connectivity index (χ4v) is 2.73. The van der Waals surface area contributed by atoms with Crippen LogP contribution in [-0.2, 0) is 13.6 Å². The Bertz CT molecular complexity index is 461. The Hall–Kier alpha value is -1.27. The third-order valence-corrected chi connectivity index (χ3v) is 4.31. The van der Waals surface area contributed by atoms with Crippen LogP contribution in [-0.4, -0.2) is 11.1 Å². The van der Waals surface area contributed by atoms with Crippen molar-refractivity contribution in [2.75, 3.05) is 6.54 Å². The molecular formula is C15H23N3. The zero-order valence-electron chi connectivity index (χ0n) is 11.7. The Kier molecular flexibility index (Phi) is 3.77. The van der Waals surface area contributed by atoms with E-state index in [0.717, 1.165) is 18.8 Å². The van der Waals surface area contributed by atoms with E-state index in [-0.39, 0.29) is 0 Å². The molecule has 0 radical (unpaired) electrons. The van der Waals surface area contributed by atoms with Crippen molar-refractivity contribution in [3.8, 4) is 6.07 Å². The van der Waals surface area contributed by atoms with Crippen molar-refractivity contribution in [3.05, 3.63) is 23.0 Å². The summed E-state index contributed by atoms with van der Waals surface area (Å²) in [6.07, 6.45) is 5.39. The molecule has 0 spiro atoms. The predicted octanol–water partition coefficient (Wildman–Crippen LogP) is 2.88. The van der Waals surface area contributed by atoms with E-state index in [4.69, 9.17) is 5.26 Å². The lowest BCUT2D eigenvalue weighted by molar-refractivity contribution is 0.420. The van der Waals surface area contributed by atoms with Crippen LogP contribution < -0.4 is 5.32 Å². The molecule has 2 rings (SSSR count). The third kappa shape index (κ3) is 2.59.